The van der Waals surface area contributed by atoms with Gasteiger partial charge in [0.2, 0.25) is 0 Å². The summed E-state index contributed by atoms with van der Waals surface area (Å²) in [5, 5.41) is 3.38. The molecule has 1 heterocycles. The van der Waals surface area contributed by atoms with Crippen molar-refractivity contribution in [3.63, 3.8) is 0 Å². The molecule has 0 radical (unpaired) electrons. The lowest BCUT2D eigenvalue weighted by atomic mass is 10.1. The van der Waals surface area contributed by atoms with E-state index in [9.17, 15) is 8.78 Å². The van der Waals surface area contributed by atoms with Crippen LogP contribution in [0.3, 0.4) is 0 Å². The summed E-state index contributed by atoms with van der Waals surface area (Å²) < 4.78 is 34.5. The predicted octanol–water partition coefficient (Wildman–Crippen LogP) is 3.19. The maximum Gasteiger partial charge on any atom is 0.261 e. The zero-order valence-electron chi connectivity index (χ0n) is 12.6. The minimum Gasteiger partial charge on any atom is -0.492 e. The number of hydrogen-bond acceptors (Lipinski definition) is 4. The van der Waals surface area contributed by atoms with Crippen LogP contribution in [0, 0.1) is 0 Å². The molecule has 1 aromatic rings. The highest BCUT2D eigenvalue weighted by Crippen LogP contribution is 2.20. The second-order valence-corrected chi connectivity index (χ2v) is 4.65. The Balaban J connectivity index is 2.60. The highest BCUT2D eigenvalue weighted by molar-refractivity contribution is 5.26. The lowest BCUT2D eigenvalue weighted by Crippen LogP contribution is -2.24. The molecular weight excluding hydrogens is 278 g/mol. The number of alkyl halides is 2. The Morgan fingerprint density at radius 3 is 2.76 bits per heavy atom. The fraction of sp³-hybridized carbons (Fsp3) is 0.667. The first-order valence-electron chi connectivity index (χ1n) is 7.34. The van der Waals surface area contributed by atoms with Crippen LogP contribution in [0.4, 0.5) is 8.78 Å². The molecule has 120 valence electrons. The Labute approximate surface area is 124 Å². The predicted molar refractivity (Wildman–Crippen MR) is 77.9 cm³/mol. The van der Waals surface area contributed by atoms with E-state index in [1.807, 2.05) is 13.0 Å². The van der Waals surface area contributed by atoms with E-state index in [0.29, 0.717) is 18.8 Å². The van der Waals surface area contributed by atoms with Crippen molar-refractivity contribution in [3.05, 3.63) is 24.0 Å². The quantitative estimate of drug-likeness (QED) is 0.638. The van der Waals surface area contributed by atoms with Crippen LogP contribution in [0.25, 0.3) is 0 Å². The van der Waals surface area contributed by atoms with Crippen molar-refractivity contribution in [1.82, 2.24) is 10.3 Å². The van der Waals surface area contributed by atoms with Gasteiger partial charge in [0.15, 0.2) is 0 Å². The van der Waals surface area contributed by atoms with Crippen LogP contribution in [-0.4, -0.2) is 37.8 Å². The largest absolute Gasteiger partial charge is 0.492 e. The van der Waals surface area contributed by atoms with Gasteiger partial charge in [-0.05, 0) is 37.9 Å². The van der Waals surface area contributed by atoms with Crippen molar-refractivity contribution in [2.75, 3.05) is 26.4 Å². The maximum atomic E-state index is 12.1. The molecule has 1 atom stereocenters. The van der Waals surface area contributed by atoms with E-state index in [1.54, 1.807) is 12.4 Å². The summed E-state index contributed by atoms with van der Waals surface area (Å²) in [7, 11) is 0. The number of rotatable bonds is 11. The second-order valence-electron chi connectivity index (χ2n) is 4.65. The third-order valence-corrected chi connectivity index (χ3v) is 2.88. The van der Waals surface area contributed by atoms with Crippen molar-refractivity contribution >= 4 is 0 Å². The van der Waals surface area contributed by atoms with Gasteiger partial charge in [-0.15, -0.1) is 0 Å². The van der Waals surface area contributed by atoms with Crippen LogP contribution >= 0.6 is 0 Å². The number of pyridine rings is 1. The van der Waals surface area contributed by atoms with Gasteiger partial charge in [-0.1, -0.05) is 6.92 Å². The zero-order valence-corrected chi connectivity index (χ0v) is 12.6. The van der Waals surface area contributed by atoms with Crippen molar-refractivity contribution in [2.45, 2.75) is 39.2 Å². The average molecular weight is 302 g/mol. The number of aromatic nitrogens is 1. The Morgan fingerprint density at radius 1 is 1.29 bits per heavy atom. The van der Waals surface area contributed by atoms with Crippen LogP contribution in [-0.2, 0) is 4.74 Å². The molecule has 0 amide bonds. The molecule has 0 aromatic carbocycles. The van der Waals surface area contributed by atoms with Crippen molar-refractivity contribution in [3.8, 4) is 5.75 Å². The normalized spacial score (nSPS) is 12.6. The molecular formula is C15H24F2N2O2. The standard InChI is InChI=1S/C15H24F2N2O2/c1-3-6-19-14(5-7-20-11-15(16)17)12-8-13(21-4-2)10-18-9-12/h8-10,14-15,19H,3-7,11H2,1-2H3. The molecule has 4 nitrogen and oxygen atoms in total. The van der Waals surface area contributed by atoms with Gasteiger partial charge < -0.3 is 14.8 Å². The van der Waals surface area contributed by atoms with Gasteiger partial charge in [0.25, 0.3) is 6.43 Å². The fourth-order valence-electron chi connectivity index (χ4n) is 1.95. The molecule has 0 bridgehead atoms. The highest BCUT2D eigenvalue weighted by Gasteiger charge is 2.13. The molecule has 0 aliphatic carbocycles. The van der Waals surface area contributed by atoms with Crippen LogP contribution in [0.15, 0.2) is 18.5 Å². The zero-order chi connectivity index (χ0) is 15.5. The van der Waals surface area contributed by atoms with Gasteiger partial charge in [-0.3, -0.25) is 4.98 Å². The molecule has 1 unspecified atom stereocenters. The van der Waals surface area contributed by atoms with Gasteiger partial charge in [0.05, 0.1) is 12.8 Å². The van der Waals surface area contributed by atoms with E-state index in [0.717, 1.165) is 18.5 Å². The van der Waals surface area contributed by atoms with Gasteiger partial charge in [0, 0.05) is 18.8 Å². The van der Waals surface area contributed by atoms with Gasteiger partial charge in [-0.2, -0.15) is 0 Å². The minimum atomic E-state index is -2.42. The second kappa shape index (κ2) is 10.5. The molecule has 0 saturated carbocycles. The van der Waals surface area contributed by atoms with Crippen LogP contribution in [0.5, 0.6) is 5.75 Å². The Morgan fingerprint density at radius 2 is 2.10 bits per heavy atom. The summed E-state index contributed by atoms with van der Waals surface area (Å²) in [5.74, 6) is 0.715. The highest BCUT2D eigenvalue weighted by atomic mass is 19.3. The molecule has 6 heteroatoms. The summed E-state index contributed by atoms with van der Waals surface area (Å²) in [6.45, 7) is 5.18. The number of nitrogens with one attached hydrogen (secondary N) is 1. The summed E-state index contributed by atoms with van der Waals surface area (Å²) in [6, 6.07) is 1.95. The SMILES string of the molecule is CCCNC(CCOCC(F)F)c1cncc(OCC)c1. The first kappa shape index (κ1) is 17.8. The number of ether oxygens (including phenoxy) is 2. The van der Waals surface area contributed by atoms with Crippen molar-refractivity contribution < 1.29 is 18.3 Å². The molecule has 0 aliphatic rings. The van der Waals surface area contributed by atoms with E-state index >= 15 is 0 Å². The first-order chi connectivity index (χ1) is 10.2. The smallest absolute Gasteiger partial charge is 0.261 e. The summed E-state index contributed by atoms with van der Waals surface area (Å²) >= 11 is 0. The minimum absolute atomic E-state index is 0.0236. The summed E-state index contributed by atoms with van der Waals surface area (Å²) in [5.41, 5.74) is 0.982. The fourth-order valence-corrected chi connectivity index (χ4v) is 1.95. The molecule has 21 heavy (non-hydrogen) atoms. The molecule has 0 saturated heterocycles. The van der Waals surface area contributed by atoms with Crippen molar-refractivity contribution in [1.29, 1.82) is 0 Å². The maximum absolute atomic E-state index is 12.1. The van der Waals surface area contributed by atoms with Crippen LogP contribution in [0.1, 0.15) is 38.3 Å². The van der Waals surface area contributed by atoms with Gasteiger partial charge in [-0.25, -0.2) is 8.78 Å². The van der Waals surface area contributed by atoms with E-state index in [1.165, 1.54) is 0 Å². The van der Waals surface area contributed by atoms with Gasteiger partial charge in [0.1, 0.15) is 12.4 Å². The number of hydrogen-bond donors (Lipinski definition) is 1. The lowest BCUT2D eigenvalue weighted by Gasteiger charge is -2.19. The molecule has 0 spiro atoms. The van der Waals surface area contributed by atoms with Gasteiger partial charge >= 0.3 is 0 Å². The van der Waals surface area contributed by atoms with E-state index in [4.69, 9.17) is 9.47 Å². The van der Waals surface area contributed by atoms with E-state index in [-0.39, 0.29) is 12.6 Å². The lowest BCUT2D eigenvalue weighted by molar-refractivity contribution is 0.0143. The first-order valence-corrected chi connectivity index (χ1v) is 7.34. The van der Waals surface area contributed by atoms with Crippen LogP contribution in [0.2, 0.25) is 0 Å². The molecule has 1 N–H and O–H groups in total. The van der Waals surface area contributed by atoms with Crippen molar-refractivity contribution in [2.24, 2.45) is 0 Å². The summed E-state index contributed by atoms with van der Waals surface area (Å²) in [4.78, 5) is 4.16. The van der Waals surface area contributed by atoms with E-state index < -0.39 is 13.0 Å². The molecule has 0 fully saturated rings. The third-order valence-electron chi connectivity index (χ3n) is 2.88. The Kier molecular flexibility index (Phi) is 8.85. The topological polar surface area (TPSA) is 43.4 Å². The monoisotopic (exact) mass is 302 g/mol. The number of nitrogens with zero attached hydrogens (tertiary/aromatic N) is 1. The Hall–Kier alpha value is -1.27. The molecule has 1 rings (SSSR count). The molecule has 1 aromatic heterocycles. The van der Waals surface area contributed by atoms with E-state index in [2.05, 4.69) is 17.2 Å². The third kappa shape index (κ3) is 7.34. The molecule has 0 aliphatic heterocycles. The van der Waals surface area contributed by atoms with Crippen LogP contribution < -0.4 is 10.1 Å². The Bertz CT molecular complexity index is 392. The number of halogens is 2. The summed E-state index contributed by atoms with van der Waals surface area (Å²) in [6.07, 6.45) is 2.62. The average Bonchev–Trinajstić information content (AvgIpc) is 2.47.